The number of nitrogens with zero attached hydrogens (tertiary/aromatic N) is 1. The second kappa shape index (κ2) is 5.13. The number of hydrogen-bond donors (Lipinski definition) is 1. The highest BCUT2D eigenvalue weighted by Gasteiger charge is 1.92. The highest BCUT2D eigenvalue weighted by atomic mass is 79.9. The fraction of sp³-hybridized carbons (Fsp3) is 0.375. The average Bonchev–Trinajstić information content (AvgIpc) is 2.02. The van der Waals surface area contributed by atoms with Crippen LogP contribution in [0.25, 0.3) is 0 Å². The van der Waals surface area contributed by atoms with E-state index in [4.69, 9.17) is 5.73 Å². The fourth-order valence-corrected chi connectivity index (χ4v) is 0.939. The molecule has 0 aliphatic heterocycles. The van der Waals surface area contributed by atoms with Gasteiger partial charge in [-0.15, -0.1) is 0 Å². The Bertz CT molecular complexity index is 204. The van der Waals surface area contributed by atoms with Crippen molar-refractivity contribution in [3.63, 3.8) is 0 Å². The van der Waals surface area contributed by atoms with Crippen LogP contribution in [0.4, 0.5) is 0 Å². The van der Waals surface area contributed by atoms with Crippen LogP contribution in [0.5, 0.6) is 0 Å². The third-order valence-corrected chi connectivity index (χ3v) is 1.85. The zero-order chi connectivity index (χ0) is 8.85. The lowest BCUT2D eigenvalue weighted by Crippen LogP contribution is -1.97. The molecular formula is C8H13BrN2. The van der Waals surface area contributed by atoms with Crippen LogP contribution in [0.15, 0.2) is 26.9 Å². The van der Waals surface area contributed by atoms with Crippen molar-refractivity contribution in [1.29, 1.82) is 0 Å². The van der Waals surface area contributed by atoms with Gasteiger partial charge in [0.25, 0.3) is 0 Å². The topological polar surface area (TPSA) is 38.4 Å². The van der Waals surface area contributed by atoms with Crippen LogP contribution in [0, 0.1) is 0 Å². The molecule has 0 radical (unpaired) electrons. The van der Waals surface area contributed by atoms with Crippen molar-refractivity contribution in [3.8, 4) is 0 Å². The maximum Gasteiger partial charge on any atom is 0.105 e. The summed E-state index contributed by atoms with van der Waals surface area (Å²) in [6, 6.07) is 0. The molecule has 0 rings (SSSR count). The van der Waals surface area contributed by atoms with Crippen LogP contribution in [0.3, 0.4) is 0 Å². The maximum absolute atomic E-state index is 5.67. The molecule has 0 amide bonds. The monoisotopic (exact) mass is 216 g/mol. The first kappa shape index (κ1) is 10.4. The Balaban J connectivity index is 4.49. The Kier molecular flexibility index (Phi) is 4.86. The Morgan fingerprint density at radius 3 is 2.64 bits per heavy atom. The molecule has 0 aliphatic rings. The molecule has 0 fully saturated rings. The van der Waals surface area contributed by atoms with Gasteiger partial charge in [-0.3, -0.25) is 4.99 Å². The first-order valence-electron chi connectivity index (χ1n) is 3.41. The van der Waals surface area contributed by atoms with Crippen molar-refractivity contribution >= 4 is 22.6 Å². The Hall–Kier alpha value is -0.570. The number of hydrogen-bond acceptors (Lipinski definition) is 2. The molecule has 11 heavy (non-hydrogen) atoms. The van der Waals surface area contributed by atoms with Crippen molar-refractivity contribution in [2.45, 2.75) is 20.3 Å². The first-order chi connectivity index (χ1) is 5.11. The Morgan fingerprint density at radius 1 is 1.73 bits per heavy atom. The molecule has 0 unspecified atom stereocenters. The van der Waals surface area contributed by atoms with Gasteiger partial charge in [-0.05, 0) is 47.6 Å². The number of allylic oxidation sites excluding steroid dienone is 3. The van der Waals surface area contributed by atoms with Gasteiger partial charge in [0.05, 0.1) is 0 Å². The van der Waals surface area contributed by atoms with E-state index in [1.54, 1.807) is 0 Å². The quantitative estimate of drug-likeness (QED) is 0.440. The smallest absolute Gasteiger partial charge is 0.105 e. The summed E-state index contributed by atoms with van der Waals surface area (Å²) in [5.41, 5.74) is 7.59. The standard InChI is InChI=1S/C8H13BrN2/c1-4-7(10)6(2)5-8(9)11-3/h5H,3-4,10H2,1-2H3/b7-6+,8-5-. The minimum absolute atomic E-state index is 0.714. The van der Waals surface area contributed by atoms with Gasteiger partial charge in [-0.1, -0.05) is 6.92 Å². The number of rotatable bonds is 3. The largest absolute Gasteiger partial charge is 0.402 e. The summed E-state index contributed by atoms with van der Waals surface area (Å²) in [5.74, 6) is 0. The molecular weight excluding hydrogens is 204 g/mol. The maximum atomic E-state index is 5.67. The molecule has 0 heterocycles. The van der Waals surface area contributed by atoms with E-state index in [0.717, 1.165) is 17.7 Å². The van der Waals surface area contributed by atoms with Crippen molar-refractivity contribution in [2.24, 2.45) is 10.7 Å². The highest BCUT2D eigenvalue weighted by molar-refractivity contribution is 9.11. The zero-order valence-electron chi connectivity index (χ0n) is 6.89. The van der Waals surface area contributed by atoms with Crippen LogP contribution < -0.4 is 5.73 Å². The van der Waals surface area contributed by atoms with Crippen LogP contribution in [0.1, 0.15) is 20.3 Å². The van der Waals surface area contributed by atoms with E-state index in [1.165, 1.54) is 0 Å². The lowest BCUT2D eigenvalue weighted by Gasteiger charge is -1.99. The molecule has 0 aromatic heterocycles. The molecule has 0 saturated carbocycles. The predicted octanol–water partition coefficient (Wildman–Crippen LogP) is 2.57. The molecule has 0 atom stereocenters. The normalized spacial score (nSPS) is 14.3. The third kappa shape index (κ3) is 3.98. The summed E-state index contributed by atoms with van der Waals surface area (Å²) in [4.78, 5) is 3.68. The van der Waals surface area contributed by atoms with Crippen molar-refractivity contribution in [3.05, 3.63) is 22.0 Å². The Morgan fingerprint density at radius 2 is 2.27 bits per heavy atom. The second-order valence-electron chi connectivity index (χ2n) is 2.19. The van der Waals surface area contributed by atoms with Gasteiger partial charge < -0.3 is 5.73 Å². The molecule has 3 heteroatoms. The van der Waals surface area contributed by atoms with Crippen LogP contribution in [-0.2, 0) is 0 Å². The van der Waals surface area contributed by atoms with Gasteiger partial charge in [-0.25, -0.2) is 0 Å². The van der Waals surface area contributed by atoms with E-state index in [-0.39, 0.29) is 0 Å². The van der Waals surface area contributed by atoms with Gasteiger partial charge in [0, 0.05) is 5.70 Å². The third-order valence-electron chi connectivity index (χ3n) is 1.37. The second-order valence-corrected chi connectivity index (χ2v) is 3.00. The van der Waals surface area contributed by atoms with E-state index < -0.39 is 0 Å². The molecule has 0 aromatic carbocycles. The van der Waals surface area contributed by atoms with Gasteiger partial charge in [0.15, 0.2) is 0 Å². The summed E-state index contributed by atoms with van der Waals surface area (Å²) in [5, 5.41) is 0. The molecule has 0 aliphatic carbocycles. The summed E-state index contributed by atoms with van der Waals surface area (Å²) in [6.07, 6.45) is 2.71. The van der Waals surface area contributed by atoms with Crippen LogP contribution >= 0.6 is 15.9 Å². The molecule has 0 spiro atoms. The molecule has 62 valence electrons. The summed E-state index contributed by atoms with van der Waals surface area (Å²) in [6.45, 7) is 7.34. The lowest BCUT2D eigenvalue weighted by molar-refractivity contribution is 1.04. The lowest BCUT2D eigenvalue weighted by atomic mass is 10.2. The minimum atomic E-state index is 0.714. The summed E-state index contributed by atoms with van der Waals surface area (Å²) < 4.78 is 0.714. The van der Waals surface area contributed by atoms with Gasteiger partial charge in [-0.2, -0.15) is 0 Å². The number of nitrogens with two attached hydrogens (primary N) is 1. The van der Waals surface area contributed by atoms with Crippen molar-refractivity contribution in [1.82, 2.24) is 0 Å². The number of aliphatic imine (C=N–C) groups is 1. The highest BCUT2D eigenvalue weighted by Crippen LogP contribution is 2.11. The van der Waals surface area contributed by atoms with E-state index >= 15 is 0 Å². The van der Waals surface area contributed by atoms with E-state index in [0.29, 0.717) is 4.61 Å². The van der Waals surface area contributed by atoms with Crippen molar-refractivity contribution < 1.29 is 0 Å². The van der Waals surface area contributed by atoms with Crippen LogP contribution in [0.2, 0.25) is 0 Å². The van der Waals surface area contributed by atoms with Gasteiger partial charge >= 0.3 is 0 Å². The SMILES string of the molecule is C=N/C(Br)=C\C(C)=C(\N)CC. The molecule has 0 bridgehead atoms. The fourth-order valence-electron chi connectivity index (χ4n) is 0.596. The van der Waals surface area contributed by atoms with E-state index in [1.807, 2.05) is 19.9 Å². The molecule has 0 saturated heterocycles. The molecule has 0 aromatic rings. The van der Waals surface area contributed by atoms with Gasteiger partial charge in [0.1, 0.15) is 4.61 Å². The van der Waals surface area contributed by atoms with Gasteiger partial charge in [0.2, 0.25) is 0 Å². The summed E-state index contributed by atoms with van der Waals surface area (Å²) in [7, 11) is 0. The summed E-state index contributed by atoms with van der Waals surface area (Å²) >= 11 is 3.22. The van der Waals surface area contributed by atoms with Crippen LogP contribution in [-0.4, -0.2) is 6.72 Å². The Labute approximate surface area is 76.0 Å². The first-order valence-corrected chi connectivity index (χ1v) is 4.20. The molecule has 2 nitrogen and oxygen atoms in total. The van der Waals surface area contributed by atoms with E-state index in [2.05, 4.69) is 27.6 Å². The number of halogens is 1. The molecule has 2 N–H and O–H groups in total. The zero-order valence-corrected chi connectivity index (χ0v) is 8.48. The minimum Gasteiger partial charge on any atom is -0.402 e. The predicted molar refractivity (Wildman–Crippen MR) is 53.7 cm³/mol. The average molecular weight is 217 g/mol. The van der Waals surface area contributed by atoms with E-state index in [9.17, 15) is 0 Å². The van der Waals surface area contributed by atoms with Crippen molar-refractivity contribution in [2.75, 3.05) is 0 Å².